The molecule has 2 aromatic rings. The van der Waals surface area contributed by atoms with Gasteiger partial charge in [-0.2, -0.15) is 9.80 Å². The molecule has 12 nitrogen and oxygen atoms in total. The van der Waals surface area contributed by atoms with Crippen LogP contribution in [0.15, 0.2) is 66.9 Å². The number of allylic oxidation sites excluding steroid dienone is 2. The third kappa shape index (κ3) is 3.71. The first-order valence-corrected chi connectivity index (χ1v) is 12.3. The molecule has 40 heavy (non-hydrogen) atoms. The van der Waals surface area contributed by atoms with Crippen molar-refractivity contribution in [2.24, 2.45) is 0 Å². The third-order valence-corrected chi connectivity index (χ3v) is 7.46. The Kier molecular flexibility index (Phi) is 7.26. The van der Waals surface area contributed by atoms with E-state index < -0.39 is 40.4 Å². The lowest BCUT2D eigenvalue weighted by atomic mass is 9.92. The number of rotatable bonds is 8. The highest BCUT2D eigenvalue weighted by atomic mass is 35.5. The van der Waals surface area contributed by atoms with Crippen molar-refractivity contribution >= 4 is 41.0 Å². The van der Waals surface area contributed by atoms with Gasteiger partial charge in [0.05, 0.1) is 19.2 Å². The number of aliphatic carboxylic acids is 1. The number of carboxylic acids is 1. The average Bonchev–Trinajstić information content (AvgIpc) is 3.37. The fourth-order valence-corrected chi connectivity index (χ4v) is 5.93. The first-order chi connectivity index (χ1) is 18.6. The Morgan fingerprint density at radius 1 is 1.02 bits per heavy atom. The minimum Gasteiger partial charge on any atom is -1.00 e. The Morgan fingerprint density at radius 3 is 2.30 bits per heavy atom. The normalized spacial score (nSPS) is 23.6. The van der Waals surface area contributed by atoms with Crippen molar-refractivity contribution in [3.8, 4) is 5.75 Å². The van der Waals surface area contributed by atoms with Gasteiger partial charge in [0.15, 0.2) is 5.69 Å². The summed E-state index contributed by atoms with van der Waals surface area (Å²) >= 11 is 0. The summed E-state index contributed by atoms with van der Waals surface area (Å²) < 4.78 is 4.23. The number of nitrogens with zero attached hydrogens (tertiary/aromatic N) is 4. The second-order valence-electron chi connectivity index (χ2n) is 9.32. The van der Waals surface area contributed by atoms with Gasteiger partial charge in [-0.3, -0.25) is 9.59 Å². The predicted molar refractivity (Wildman–Crippen MR) is 141 cm³/mol. The number of quaternary nitrogens is 1. The second-order valence-corrected chi connectivity index (χ2v) is 9.32. The summed E-state index contributed by atoms with van der Waals surface area (Å²) in [5, 5.41) is 31.9. The van der Waals surface area contributed by atoms with Gasteiger partial charge < -0.3 is 37.4 Å². The van der Waals surface area contributed by atoms with E-state index in [1.54, 1.807) is 67.7 Å². The highest BCUT2D eigenvalue weighted by Gasteiger charge is 2.72. The highest BCUT2D eigenvalue weighted by molar-refractivity contribution is 6.11. The molecule has 0 aromatic heterocycles. The van der Waals surface area contributed by atoms with Gasteiger partial charge in [-0.1, -0.05) is 17.6 Å². The number of ether oxygens (including phenoxy) is 1. The molecule has 2 aromatic carbocycles. The summed E-state index contributed by atoms with van der Waals surface area (Å²) in [7, 11) is 1.49. The summed E-state index contributed by atoms with van der Waals surface area (Å²) in [5.41, 5.74) is -0.851. The molecule has 210 valence electrons. The van der Waals surface area contributed by atoms with E-state index in [2.05, 4.69) is 0 Å². The zero-order chi connectivity index (χ0) is 28.1. The number of hydrogen-bond acceptors (Lipinski definition) is 7. The van der Waals surface area contributed by atoms with Crippen LogP contribution in [0, 0.1) is 0 Å². The van der Waals surface area contributed by atoms with Gasteiger partial charge in [-0.05, 0) is 48.6 Å². The standard InChI is InChI=1S/C27H26N4O8.ClH/c1-3-22-29(25(35)36)20-11-8-18-16-21(20)31(22,26(37)38)30(18)27(13-4-5-14-28(27)15-12-23(32)33)24(34)17-6-9-19(39-2)10-7-17;/h4-11,13-14,16,22H,3,12,15H2,1-2H3,(H2-,32,33,35,36,37,38);1H. The van der Waals surface area contributed by atoms with Crippen LogP contribution in [0.4, 0.5) is 26.7 Å². The number of ketones is 1. The molecule has 3 N–H and O–H groups in total. The molecule has 13 heteroatoms. The molecule has 0 spiro atoms. The van der Waals surface area contributed by atoms with Crippen molar-refractivity contribution in [2.75, 3.05) is 23.6 Å². The maximum absolute atomic E-state index is 14.6. The number of Topliss-reactive ketones (excluding diaryl/α,β-unsaturated/α-hetero) is 1. The van der Waals surface area contributed by atoms with E-state index in [1.165, 1.54) is 23.1 Å². The van der Waals surface area contributed by atoms with Crippen LogP contribution in [0.3, 0.4) is 0 Å². The van der Waals surface area contributed by atoms with Crippen molar-refractivity contribution in [1.29, 1.82) is 0 Å². The summed E-state index contributed by atoms with van der Waals surface area (Å²) in [6, 6.07) is 11.0. The Labute approximate surface area is 235 Å². The number of carboxylic acid groups (broad SMARTS) is 3. The lowest BCUT2D eigenvalue weighted by Crippen LogP contribution is -3.00. The number of carbonyl (C=O) groups excluding carboxylic acids is 1. The van der Waals surface area contributed by atoms with Crippen LogP contribution < -0.4 is 31.6 Å². The molecule has 3 atom stereocenters. The Hall–Kier alpha value is -4.55. The molecule has 5 rings (SSSR count). The molecule has 3 unspecified atom stereocenters. The molecule has 0 fully saturated rings. The first-order valence-electron chi connectivity index (χ1n) is 12.3. The van der Waals surface area contributed by atoms with Crippen molar-refractivity contribution in [3.63, 3.8) is 0 Å². The van der Waals surface area contributed by atoms with Gasteiger partial charge in [-0.25, -0.2) is 9.69 Å². The molecule has 0 saturated carbocycles. The van der Waals surface area contributed by atoms with Crippen LogP contribution in [-0.2, 0) is 4.79 Å². The Morgan fingerprint density at radius 2 is 1.73 bits per heavy atom. The summed E-state index contributed by atoms with van der Waals surface area (Å²) in [5.74, 6) is -1.11. The number of hydrogen-bond donors (Lipinski definition) is 3. The average molecular weight is 571 g/mol. The van der Waals surface area contributed by atoms with Gasteiger partial charge in [0.1, 0.15) is 11.4 Å². The largest absolute Gasteiger partial charge is 1.00 e. The number of halogens is 1. The SMILES string of the molecule is CCC1N(C(=O)O)c2ccc3cc2[N+]1(C(=O)O)N3C1(C(=O)c2ccc(OC)cc2)C=CC=CN1CCC(=O)O.[Cl-]. The number of amides is 2. The zero-order valence-corrected chi connectivity index (χ0v) is 22.4. The molecule has 0 aliphatic carbocycles. The second kappa shape index (κ2) is 10.2. The molecule has 3 aliphatic rings. The molecule has 0 radical (unpaired) electrons. The van der Waals surface area contributed by atoms with Crippen molar-refractivity contribution in [3.05, 3.63) is 72.5 Å². The Balaban J connectivity index is 0.00000370. The van der Waals surface area contributed by atoms with E-state index in [-0.39, 0.29) is 48.7 Å². The molecule has 0 saturated heterocycles. The molecule has 3 aliphatic heterocycles. The van der Waals surface area contributed by atoms with Gasteiger partial charge >= 0.3 is 18.2 Å². The van der Waals surface area contributed by atoms with E-state index in [9.17, 15) is 34.5 Å². The smallest absolute Gasteiger partial charge is 0.546 e. The van der Waals surface area contributed by atoms with Gasteiger partial charge in [0.25, 0.3) is 0 Å². The minimum atomic E-state index is -1.87. The maximum Gasteiger partial charge on any atom is 0.546 e. The first kappa shape index (κ1) is 28.5. The van der Waals surface area contributed by atoms with E-state index >= 15 is 0 Å². The van der Waals surface area contributed by atoms with Gasteiger partial charge in [-0.15, -0.1) is 0 Å². The lowest BCUT2D eigenvalue weighted by molar-refractivity contribution is -0.137. The van der Waals surface area contributed by atoms with E-state index in [0.29, 0.717) is 11.4 Å². The third-order valence-electron chi connectivity index (χ3n) is 7.46. The van der Waals surface area contributed by atoms with Gasteiger partial charge in [0.2, 0.25) is 17.6 Å². The minimum absolute atomic E-state index is 0. The Bertz CT molecular complexity index is 1440. The summed E-state index contributed by atoms with van der Waals surface area (Å²) in [4.78, 5) is 54.6. The molecular weight excluding hydrogens is 544 g/mol. The number of fused-ring (bicyclic) bond motifs is 1. The number of carbonyl (C=O) groups is 4. The van der Waals surface area contributed by atoms with Crippen molar-refractivity contribution in [1.82, 2.24) is 9.49 Å². The summed E-state index contributed by atoms with van der Waals surface area (Å²) in [6.45, 7) is 1.55. The lowest BCUT2D eigenvalue weighted by Gasteiger charge is -2.52. The fraction of sp³-hybridized carbons (Fsp3) is 0.259. The van der Waals surface area contributed by atoms with Crippen LogP contribution >= 0.6 is 0 Å². The molecule has 2 amide bonds. The topological polar surface area (TPSA) is 148 Å². The van der Waals surface area contributed by atoms with Crippen molar-refractivity contribution in [2.45, 2.75) is 31.6 Å². The maximum atomic E-state index is 14.6. The van der Waals surface area contributed by atoms with Gasteiger partial charge in [0, 0.05) is 30.8 Å². The quantitative estimate of drug-likeness (QED) is 0.311. The van der Waals surface area contributed by atoms with E-state index in [4.69, 9.17) is 4.74 Å². The van der Waals surface area contributed by atoms with Crippen LogP contribution in [0.2, 0.25) is 0 Å². The number of benzene rings is 2. The van der Waals surface area contributed by atoms with Crippen LogP contribution in [0.5, 0.6) is 5.75 Å². The van der Waals surface area contributed by atoms with E-state index in [0.717, 1.165) is 4.90 Å². The van der Waals surface area contributed by atoms with Crippen LogP contribution in [-0.4, -0.2) is 69.6 Å². The van der Waals surface area contributed by atoms with E-state index in [1.807, 2.05) is 0 Å². The molecule has 3 heterocycles. The van der Waals surface area contributed by atoms with Crippen LogP contribution in [0.1, 0.15) is 30.1 Å². The number of anilines is 2. The number of methoxy groups -OCH3 is 1. The van der Waals surface area contributed by atoms with Crippen molar-refractivity contribution < 1.29 is 51.6 Å². The molecular formula is C27H27ClN4O8. The predicted octanol–water partition coefficient (Wildman–Crippen LogP) is 1.09. The highest BCUT2D eigenvalue weighted by Crippen LogP contribution is 2.58. The summed E-state index contributed by atoms with van der Waals surface area (Å²) in [6.07, 6.45) is 2.26. The zero-order valence-electron chi connectivity index (χ0n) is 21.6. The monoisotopic (exact) mass is 570 g/mol. The fourth-order valence-electron chi connectivity index (χ4n) is 5.93. The molecule has 2 bridgehead atoms. The van der Waals surface area contributed by atoms with Crippen LogP contribution in [0.25, 0.3) is 0 Å².